The first kappa shape index (κ1) is 27.3. The maximum Gasteiger partial charge on any atom is 0.408 e. The number of hydrogen-bond acceptors (Lipinski definition) is 8. The Morgan fingerprint density at radius 2 is 1.46 bits per heavy atom. The highest BCUT2D eigenvalue weighted by Crippen LogP contribution is 2.22. The molecule has 0 aromatic heterocycles. The molecular weight excluding hydrogens is 504 g/mol. The average Bonchev–Trinajstić information content (AvgIpc) is 3.21. The van der Waals surface area contributed by atoms with Crippen molar-refractivity contribution in [3.05, 3.63) is 101 Å². The third kappa shape index (κ3) is 7.20. The Kier molecular flexibility index (Phi) is 9.25. The average molecular weight is 533 g/mol. The van der Waals surface area contributed by atoms with Gasteiger partial charge in [0.15, 0.2) is 0 Å². The molecule has 0 bridgehead atoms. The van der Waals surface area contributed by atoms with Gasteiger partial charge in [-0.3, -0.25) is 14.4 Å². The van der Waals surface area contributed by atoms with Crippen LogP contribution in [0.4, 0.5) is 4.79 Å². The van der Waals surface area contributed by atoms with Crippen LogP contribution in [0.15, 0.2) is 78.9 Å². The van der Waals surface area contributed by atoms with E-state index >= 15 is 0 Å². The Hall–Kier alpha value is -4.70. The molecule has 0 spiro atoms. The van der Waals surface area contributed by atoms with Crippen molar-refractivity contribution in [2.24, 2.45) is 0 Å². The van der Waals surface area contributed by atoms with Crippen molar-refractivity contribution in [1.29, 1.82) is 0 Å². The molecule has 0 saturated heterocycles. The van der Waals surface area contributed by atoms with E-state index in [2.05, 4.69) is 5.32 Å². The Bertz CT molecular complexity index is 1280. The van der Waals surface area contributed by atoms with Crippen LogP contribution < -0.4 is 10.1 Å². The molecule has 0 saturated carbocycles. The molecule has 3 aromatic rings. The summed E-state index contributed by atoms with van der Waals surface area (Å²) in [4.78, 5) is 54.4. The summed E-state index contributed by atoms with van der Waals surface area (Å²) in [5, 5.41) is 3.33. The van der Waals surface area contributed by atoms with Crippen molar-refractivity contribution in [2.75, 3.05) is 20.3 Å². The van der Waals surface area contributed by atoms with E-state index in [0.29, 0.717) is 29.9 Å². The molecule has 1 atom stereocenters. The zero-order valence-electron chi connectivity index (χ0n) is 21.3. The summed E-state index contributed by atoms with van der Waals surface area (Å²) in [5.41, 5.74) is 2.25. The summed E-state index contributed by atoms with van der Waals surface area (Å²) in [6.45, 7) is 0.494. The first-order chi connectivity index (χ1) is 19.0. The number of ether oxygens (including phenoxy) is 3. The SMILES string of the molecule is COC(=O)[C@H](Cc1ccc(OCCCON2C(=O)c3ccccc3C2=O)cc1)NC(=O)OCc1ccccc1. The van der Waals surface area contributed by atoms with Gasteiger partial charge in [-0.15, -0.1) is 5.06 Å². The predicted molar refractivity (Wildman–Crippen MR) is 139 cm³/mol. The van der Waals surface area contributed by atoms with Crippen LogP contribution in [0.5, 0.6) is 5.75 Å². The number of rotatable bonds is 12. The van der Waals surface area contributed by atoms with Crippen LogP contribution in [-0.2, 0) is 32.1 Å². The van der Waals surface area contributed by atoms with E-state index in [1.165, 1.54) is 7.11 Å². The molecular formula is C29H28N2O8. The minimum atomic E-state index is -0.927. The highest BCUT2D eigenvalue weighted by atomic mass is 16.7. The van der Waals surface area contributed by atoms with Gasteiger partial charge in [0.25, 0.3) is 11.8 Å². The van der Waals surface area contributed by atoms with Gasteiger partial charge in [0, 0.05) is 12.8 Å². The largest absolute Gasteiger partial charge is 0.494 e. The molecule has 1 heterocycles. The molecule has 3 amide bonds. The normalized spacial score (nSPS) is 13.0. The molecule has 39 heavy (non-hydrogen) atoms. The minimum Gasteiger partial charge on any atom is -0.494 e. The van der Waals surface area contributed by atoms with E-state index in [1.54, 1.807) is 48.5 Å². The molecule has 1 N–H and O–H groups in total. The smallest absolute Gasteiger partial charge is 0.408 e. The number of hydrogen-bond donors (Lipinski definition) is 1. The first-order valence-electron chi connectivity index (χ1n) is 12.3. The second-order valence-electron chi connectivity index (χ2n) is 8.62. The van der Waals surface area contributed by atoms with E-state index in [9.17, 15) is 19.2 Å². The van der Waals surface area contributed by atoms with E-state index in [4.69, 9.17) is 19.0 Å². The van der Waals surface area contributed by atoms with Crippen molar-refractivity contribution >= 4 is 23.9 Å². The number of amides is 3. The van der Waals surface area contributed by atoms with Gasteiger partial charge >= 0.3 is 12.1 Å². The quantitative estimate of drug-likeness (QED) is 0.213. The Morgan fingerprint density at radius 3 is 2.10 bits per heavy atom. The molecule has 202 valence electrons. The first-order valence-corrected chi connectivity index (χ1v) is 12.3. The lowest BCUT2D eigenvalue weighted by Crippen LogP contribution is -2.43. The zero-order chi connectivity index (χ0) is 27.6. The number of methoxy groups -OCH3 is 1. The number of carbonyl (C=O) groups is 4. The Labute approximate surface area is 225 Å². The summed E-state index contributed by atoms with van der Waals surface area (Å²) in [6, 6.07) is 21.9. The molecule has 0 radical (unpaired) electrons. The Morgan fingerprint density at radius 1 is 0.821 bits per heavy atom. The maximum absolute atomic E-state index is 12.3. The monoisotopic (exact) mass is 532 g/mol. The van der Waals surface area contributed by atoms with E-state index < -0.39 is 29.9 Å². The fourth-order valence-electron chi connectivity index (χ4n) is 3.89. The van der Waals surface area contributed by atoms with Crippen LogP contribution in [0.3, 0.4) is 0 Å². The molecule has 0 fully saturated rings. The molecule has 0 aliphatic carbocycles. The van der Waals surface area contributed by atoms with Crippen molar-refractivity contribution in [3.8, 4) is 5.75 Å². The number of fused-ring (bicyclic) bond motifs is 1. The zero-order valence-corrected chi connectivity index (χ0v) is 21.3. The summed E-state index contributed by atoms with van der Waals surface area (Å²) in [7, 11) is 1.25. The number of carbonyl (C=O) groups excluding carboxylic acids is 4. The molecule has 1 aliphatic heterocycles. The molecule has 0 unspecified atom stereocenters. The van der Waals surface area contributed by atoms with Gasteiger partial charge in [0.05, 0.1) is 31.5 Å². The lowest BCUT2D eigenvalue weighted by Gasteiger charge is -2.17. The number of alkyl carbamates (subject to hydrolysis) is 1. The van der Waals surface area contributed by atoms with E-state index in [-0.39, 0.29) is 19.6 Å². The fourth-order valence-corrected chi connectivity index (χ4v) is 3.89. The van der Waals surface area contributed by atoms with Gasteiger partial charge in [-0.1, -0.05) is 54.6 Å². The van der Waals surface area contributed by atoms with Gasteiger partial charge in [-0.2, -0.15) is 0 Å². The number of benzene rings is 3. The predicted octanol–water partition coefficient (Wildman–Crippen LogP) is 3.69. The van der Waals surface area contributed by atoms with Crippen molar-refractivity contribution in [2.45, 2.75) is 25.5 Å². The fraction of sp³-hybridized carbons (Fsp3) is 0.241. The Balaban J connectivity index is 1.20. The summed E-state index contributed by atoms with van der Waals surface area (Å²) in [5.74, 6) is -0.956. The third-order valence-electron chi connectivity index (χ3n) is 5.89. The molecule has 1 aliphatic rings. The van der Waals surface area contributed by atoms with Gasteiger partial charge < -0.3 is 19.5 Å². The lowest BCUT2D eigenvalue weighted by atomic mass is 10.1. The van der Waals surface area contributed by atoms with Gasteiger partial charge in [0.1, 0.15) is 18.4 Å². The van der Waals surface area contributed by atoms with Crippen LogP contribution in [0, 0.1) is 0 Å². The molecule has 10 heteroatoms. The summed E-state index contributed by atoms with van der Waals surface area (Å²) >= 11 is 0. The number of nitrogens with zero attached hydrogens (tertiary/aromatic N) is 1. The van der Waals surface area contributed by atoms with Crippen LogP contribution in [-0.4, -0.2) is 55.3 Å². The van der Waals surface area contributed by atoms with Crippen molar-refractivity contribution in [1.82, 2.24) is 10.4 Å². The van der Waals surface area contributed by atoms with E-state index in [1.807, 2.05) is 30.3 Å². The minimum absolute atomic E-state index is 0.0793. The van der Waals surface area contributed by atoms with Crippen LogP contribution in [0.25, 0.3) is 0 Å². The standard InChI is InChI=1S/C29H28N2O8/c1-36-28(34)25(30-29(35)38-19-21-8-3-2-4-9-21)18-20-12-14-22(15-13-20)37-16-7-17-39-31-26(32)23-10-5-6-11-24(23)27(31)33/h2-6,8-15,25H,7,16-19H2,1H3,(H,30,35)/t25-/m0/s1. The second-order valence-corrected chi connectivity index (χ2v) is 8.62. The summed E-state index contributed by atoms with van der Waals surface area (Å²) in [6.07, 6.45) is -0.0894. The second kappa shape index (κ2) is 13.2. The third-order valence-corrected chi connectivity index (χ3v) is 5.89. The van der Waals surface area contributed by atoms with Crippen LogP contribution >= 0.6 is 0 Å². The maximum atomic E-state index is 12.3. The highest BCUT2D eigenvalue weighted by molar-refractivity contribution is 6.20. The van der Waals surface area contributed by atoms with E-state index in [0.717, 1.165) is 16.2 Å². The molecule has 4 rings (SSSR count). The number of imide groups is 1. The van der Waals surface area contributed by atoms with Crippen molar-refractivity contribution in [3.63, 3.8) is 0 Å². The molecule has 3 aromatic carbocycles. The number of nitrogens with one attached hydrogen (secondary N) is 1. The number of esters is 1. The highest BCUT2D eigenvalue weighted by Gasteiger charge is 2.36. The molecule has 10 nitrogen and oxygen atoms in total. The van der Waals surface area contributed by atoms with Gasteiger partial charge in [-0.05, 0) is 35.4 Å². The van der Waals surface area contributed by atoms with Gasteiger partial charge in [-0.25, -0.2) is 9.59 Å². The van der Waals surface area contributed by atoms with Crippen molar-refractivity contribution < 1.29 is 38.2 Å². The lowest BCUT2D eigenvalue weighted by molar-refractivity contribution is -0.143. The van der Waals surface area contributed by atoms with Gasteiger partial charge in [0.2, 0.25) is 0 Å². The van der Waals surface area contributed by atoms with Crippen LogP contribution in [0.1, 0.15) is 38.3 Å². The number of hydroxylamine groups is 2. The topological polar surface area (TPSA) is 120 Å². The van der Waals surface area contributed by atoms with Crippen LogP contribution in [0.2, 0.25) is 0 Å². The summed E-state index contributed by atoms with van der Waals surface area (Å²) < 4.78 is 15.7.